The molecule has 0 bridgehead atoms. The van der Waals surface area contributed by atoms with Gasteiger partial charge in [0.2, 0.25) is 11.7 Å². The molecule has 174 valence electrons. The van der Waals surface area contributed by atoms with Gasteiger partial charge >= 0.3 is 11.7 Å². The van der Waals surface area contributed by atoms with Crippen molar-refractivity contribution in [2.75, 3.05) is 12.0 Å². The number of hydrogen-bond donors (Lipinski definition) is 0. The van der Waals surface area contributed by atoms with Gasteiger partial charge in [0.25, 0.3) is 0 Å². The molecule has 8 nitrogen and oxygen atoms in total. The first-order valence-electron chi connectivity index (χ1n) is 10.7. The number of anilines is 1. The molecule has 1 fully saturated rings. The van der Waals surface area contributed by atoms with Crippen molar-refractivity contribution in [3.8, 4) is 11.1 Å². The summed E-state index contributed by atoms with van der Waals surface area (Å²) in [5.41, 5.74) is 3.00. The maximum absolute atomic E-state index is 13.1. The number of nitrogens with zero attached hydrogens (tertiary/aromatic N) is 3. The van der Waals surface area contributed by atoms with Crippen LogP contribution in [0, 0.1) is 23.0 Å². The topological polar surface area (TPSA) is 103 Å². The minimum Gasteiger partial charge on any atom is -0.465 e. The molecule has 0 atom stereocenters. The molecule has 1 heterocycles. The fraction of sp³-hybridized carbons (Fsp3) is 0.240. The molecule has 1 aliphatic carbocycles. The van der Waals surface area contributed by atoms with Crippen molar-refractivity contribution in [2.45, 2.75) is 26.3 Å². The van der Waals surface area contributed by atoms with Crippen LogP contribution in [0.1, 0.15) is 34.3 Å². The van der Waals surface area contributed by atoms with Gasteiger partial charge in [-0.15, -0.1) is 0 Å². The van der Waals surface area contributed by atoms with Gasteiger partial charge in [-0.25, -0.2) is 9.78 Å². The van der Waals surface area contributed by atoms with E-state index in [-0.39, 0.29) is 29.9 Å². The van der Waals surface area contributed by atoms with E-state index >= 15 is 0 Å². The van der Waals surface area contributed by atoms with Crippen LogP contribution in [0.3, 0.4) is 0 Å². The van der Waals surface area contributed by atoms with Crippen LogP contribution in [-0.4, -0.2) is 28.9 Å². The van der Waals surface area contributed by atoms with Gasteiger partial charge in [0.1, 0.15) is 0 Å². The highest BCUT2D eigenvalue weighted by atomic mass is 79.9. The molecule has 34 heavy (non-hydrogen) atoms. The molecule has 9 heteroatoms. The Labute approximate surface area is 204 Å². The number of ether oxygens (including phenoxy) is 1. The first kappa shape index (κ1) is 23.6. The molecule has 1 amide bonds. The van der Waals surface area contributed by atoms with Gasteiger partial charge in [0.15, 0.2) is 0 Å². The van der Waals surface area contributed by atoms with Crippen molar-refractivity contribution >= 4 is 39.3 Å². The summed E-state index contributed by atoms with van der Waals surface area (Å²) in [5.74, 6) is -0.693. The molecule has 2 aromatic carbocycles. The van der Waals surface area contributed by atoms with Gasteiger partial charge in [-0.3, -0.25) is 19.8 Å². The third kappa shape index (κ3) is 4.70. The number of carbonyl (C=O) groups excluding carboxylic acids is 2. The molecule has 1 aromatic heterocycles. The van der Waals surface area contributed by atoms with Crippen LogP contribution in [0.2, 0.25) is 0 Å². The van der Waals surface area contributed by atoms with Crippen molar-refractivity contribution in [3.63, 3.8) is 0 Å². The summed E-state index contributed by atoms with van der Waals surface area (Å²) < 4.78 is 5.39. The number of amides is 1. The normalized spacial score (nSPS) is 12.8. The highest BCUT2D eigenvalue weighted by Crippen LogP contribution is 2.38. The van der Waals surface area contributed by atoms with Gasteiger partial charge in [-0.1, -0.05) is 42.5 Å². The zero-order valence-electron chi connectivity index (χ0n) is 18.7. The maximum atomic E-state index is 13.1. The zero-order valence-corrected chi connectivity index (χ0v) is 20.2. The highest BCUT2D eigenvalue weighted by Gasteiger charge is 2.38. The van der Waals surface area contributed by atoms with E-state index in [1.54, 1.807) is 19.1 Å². The van der Waals surface area contributed by atoms with Gasteiger partial charge in [-0.05, 0) is 58.5 Å². The minimum atomic E-state index is -0.498. The predicted octanol–water partition coefficient (Wildman–Crippen LogP) is 5.46. The van der Waals surface area contributed by atoms with E-state index in [2.05, 4.69) is 20.9 Å². The Morgan fingerprint density at radius 1 is 1.18 bits per heavy atom. The Morgan fingerprint density at radius 3 is 2.47 bits per heavy atom. The number of pyridine rings is 1. The Hall–Kier alpha value is -3.59. The summed E-state index contributed by atoms with van der Waals surface area (Å²) in [5, 5.41) is 11.8. The smallest absolute Gasteiger partial charge is 0.338 e. The highest BCUT2D eigenvalue weighted by molar-refractivity contribution is 9.10. The second-order valence-corrected chi connectivity index (χ2v) is 8.95. The predicted molar refractivity (Wildman–Crippen MR) is 130 cm³/mol. The molecule has 0 radical (unpaired) electrons. The van der Waals surface area contributed by atoms with Gasteiger partial charge in [0.05, 0.1) is 24.1 Å². The lowest BCUT2D eigenvalue weighted by atomic mass is 9.98. The number of carbonyl (C=O) groups is 2. The van der Waals surface area contributed by atoms with Crippen molar-refractivity contribution in [1.82, 2.24) is 4.98 Å². The Balaban J connectivity index is 1.69. The van der Waals surface area contributed by atoms with Crippen LogP contribution >= 0.6 is 15.9 Å². The van der Waals surface area contributed by atoms with Crippen molar-refractivity contribution in [1.29, 1.82) is 0 Å². The lowest BCUT2D eigenvalue weighted by Crippen LogP contribution is -2.33. The van der Waals surface area contributed by atoms with E-state index in [1.165, 1.54) is 18.2 Å². The SMILES string of the molecule is COC(=O)c1ccccc1-c1ccc(CN(C(=O)C2CC2)c2ncc(Br)c(C)c2[N+](=O)[O-])cc1. The molecule has 0 aliphatic heterocycles. The first-order valence-corrected chi connectivity index (χ1v) is 11.5. The fourth-order valence-electron chi connectivity index (χ4n) is 3.78. The lowest BCUT2D eigenvalue weighted by Gasteiger charge is -2.22. The van der Waals surface area contributed by atoms with E-state index in [0.717, 1.165) is 29.5 Å². The van der Waals surface area contributed by atoms with E-state index in [1.807, 2.05) is 36.4 Å². The van der Waals surface area contributed by atoms with Crippen LogP contribution in [0.15, 0.2) is 59.2 Å². The van der Waals surface area contributed by atoms with Crippen molar-refractivity contribution in [3.05, 3.63) is 86.0 Å². The standard InChI is InChI=1S/C25H22BrN3O5/c1-15-21(26)13-27-23(22(15)29(32)33)28(24(30)18-11-12-18)14-16-7-9-17(10-8-16)19-5-3-4-6-20(19)25(31)34-2/h3-10,13,18H,11-12,14H2,1-2H3. The van der Waals surface area contributed by atoms with Crippen LogP contribution < -0.4 is 4.90 Å². The molecule has 1 saturated carbocycles. The average molecular weight is 524 g/mol. The summed E-state index contributed by atoms with van der Waals surface area (Å²) in [6, 6.07) is 14.5. The molecule has 3 aromatic rings. The number of aromatic nitrogens is 1. The number of halogens is 1. The maximum Gasteiger partial charge on any atom is 0.338 e. The number of esters is 1. The molecule has 4 rings (SSSR count). The fourth-order valence-corrected chi connectivity index (χ4v) is 4.07. The zero-order chi connectivity index (χ0) is 24.4. The summed E-state index contributed by atoms with van der Waals surface area (Å²) in [4.78, 5) is 42.3. The quantitative estimate of drug-likeness (QED) is 0.231. The van der Waals surface area contributed by atoms with E-state index in [4.69, 9.17) is 4.74 Å². The number of rotatable bonds is 7. The number of benzene rings is 2. The van der Waals surface area contributed by atoms with E-state index in [9.17, 15) is 19.7 Å². The van der Waals surface area contributed by atoms with Gasteiger partial charge in [0, 0.05) is 22.2 Å². The van der Waals surface area contributed by atoms with Gasteiger partial charge < -0.3 is 4.74 Å². The van der Waals surface area contributed by atoms with Crippen LogP contribution in [0.4, 0.5) is 11.5 Å². The summed E-state index contributed by atoms with van der Waals surface area (Å²) in [6.45, 7) is 1.77. The Bertz CT molecular complexity index is 1270. The van der Waals surface area contributed by atoms with Crippen molar-refractivity contribution < 1.29 is 19.2 Å². The third-order valence-corrected chi connectivity index (χ3v) is 6.59. The second-order valence-electron chi connectivity index (χ2n) is 8.09. The largest absolute Gasteiger partial charge is 0.465 e. The molecule has 0 N–H and O–H groups in total. The third-order valence-electron chi connectivity index (χ3n) is 5.79. The molecule has 0 unspecified atom stereocenters. The molecule has 1 aliphatic rings. The first-order chi connectivity index (χ1) is 16.3. The monoisotopic (exact) mass is 523 g/mol. The van der Waals surface area contributed by atoms with E-state index < -0.39 is 10.9 Å². The summed E-state index contributed by atoms with van der Waals surface area (Å²) in [7, 11) is 1.34. The number of methoxy groups -OCH3 is 1. The average Bonchev–Trinajstić information content (AvgIpc) is 3.69. The van der Waals surface area contributed by atoms with Crippen LogP contribution in [0.25, 0.3) is 11.1 Å². The molecular formula is C25H22BrN3O5. The number of hydrogen-bond acceptors (Lipinski definition) is 6. The summed E-state index contributed by atoms with van der Waals surface area (Å²) >= 11 is 3.29. The van der Waals surface area contributed by atoms with Crippen molar-refractivity contribution in [2.24, 2.45) is 5.92 Å². The number of nitro groups is 1. The molecule has 0 spiro atoms. The Morgan fingerprint density at radius 2 is 1.85 bits per heavy atom. The van der Waals surface area contributed by atoms with Gasteiger partial charge in [-0.2, -0.15) is 0 Å². The van der Waals surface area contributed by atoms with Crippen LogP contribution in [0.5, 0.6) is 0 Å². The van der Waals surface area contributed by atoms with Crippen LogP contribution in [-0.2, 0) is 16.1 Å². The molecular weight excluding hydrogens is 502 g/mol. The van der Waals surface area contributed by atoms with E-state index in [0.29, 0.717) is 15.6 Å². The lowest BCUT2D eigenvalue weighted by molar-refractivity contribution is -0.384. The summed E-state index contributed by atoms with van der Waals surface area (Å²) in [6.07, 6.45) is 3.02. The second kappa shape index (κ2) is 9.72. The molecule has 0 saturated heterocycles. The minimum absolute atomic E-state index is 0.0442. The Kier molecular flexibility index (Phi) is 6.74.